The molecule has 5 rings (SSSR count). The molecular weight excluding hydrogens is 400 g/mol. The lowest BCUT2D eigenvalue weighted by molar-refractivity contribution is 0.0605. The van der Waals surface area contributed by atoms with E-state index < -0.39 is 0 Å². The quantitative estimate of drug-likeness (QED) is 0.457. The van der Waals surface area contributed by atoms with E-state index in [9.17, 15) is 4.79 Å². The van der Waals surface area contributed by atoms with Crippen LogP contribution < -0.4 is 4.74 Å². The van der Waals surface area contributed by atoms with Crippen LogP contribution in [0, 0.1) is 0 Å². The number of carbonyl (C=O) groups excluding carboxylic acids is 1. The van der Waals surface area contributed by atoms with Crippen LogP contribution in [0.5, 0.6) is 5.75 Å². The van der Waals surface area contributed by atoms with Gasteiger partial charge in [0.2, 0.25) is 0 Å². The van der Waals surface area contributed by atoms with Crippen molar-refractivity contribution in [1.29, 1.82) is 0 Å². The zero-order chi connectivity index (χ0) is 21.9. The third-order valence-corrected chi connectivity index (χ3v) is 6.21. The Labute approximate surface area is 187 Å². The number of ether oxygens (including phenoxy) is 1. The fraction of sp³-hybridized carbons (Fsp3) is 0.269. The minimum atomic E-state index is -0.0679. The molecule has 1 atom stereocenters. The van der Waals surface area contributed by atoms with Gasteiger partial charge in [-0.3, -0.25) is 4.79 Å². The van der Waals surface area contributed by atoms with E-state index >= 15 is 0 Å². The lowest BCUT2D eigenvalue weighted by atomic mass is 9.94. The van der Waals surface area contributed by atoms with E-state index in [0.29, 0.717) is 12.2 Å². The van der Waals surface area contributed by atoms with E-state index in [1.807, 2.05) is 41.3 Å². The molecule has 3 aromatic carbocycles. The van der Waals surface area contributed by atoms with Crippen molar-refractivity contribution in [2.75, 3.05) is 13.7 Å². The summed E-state index contributed by atoms with van der Waals surface area (Å²) in [5.41, 5.74) is 2.64. The first kappa shape index (κ1) is 20.2. The predicted molar refractivity (Wildman–Crippen MR) is 124 cm³/mol. The Balaban J connectivity index is 1.38. The molecule has 0 aliphatic carbocycles. The van der Waals surface area contributed by atoms with Gasteiger partial charge in [0.1, 0.15) is 5.75 Å². The molecule has 1 aliphatic rings. The highest BCUT2D eigenvalue weighted by Crippen LogP contribution is 2.33. The van der Waals surface area contributed by atoms with Crippen LogP contribution >= 0.6 is 0 Å². The summed E-state index contributed by atoms with van der Waals surface area (Å²) in [6, 6.07) is 22.5. The first-order valence-electron chi connectivity index (χ1n) is 11.0. The van der Waals surface area contributed by atoms with Crippen molar-refractivity contribution in [1.82, 2.24) is 19.9 Å². The molecule has 1 aromatic heterocycles. The Kier molecular flexibility index (Phi) is 5.58. The SMILES string of the molecule is COc1cccc(C2CCCCN2C(=O)c2cn(Cc3cccc4ccccc34)nn2)c1. The van der Waals surface area contributed by atoms with Gasteiger partial charge >= 0.3 is 0 Å². The number of nitrogens with zero attached hydrogens (tertiary/aromatic N) is 4. The lowest BCUT2D eigenvalue weighted by Crippen LogP contribution is -2.38. The predicted octanol–water partition coefficient (Wildman–Crippen LogP) is 4.86. The van der Waals surface area contributed by atoms with Crippen molar-refractivity contribution < 1.29 is 9.53 Å². The van der Waals surface area contributed by atoms with E-state index in [1.54, 1.807) is 18.0 Å². The van der Waals surface area contributed by atoms with Crippen LogP contribution in [0.1, 0.15) is 46.9 Å². The normalized spacial score (nSPS) is 16.3. The third kappa shape index (κ3) is 3.96. The second kappa shape index (κ2) is 8.83. The van der Waals surface area contributed by atoms with E-state index in [0.717, 1.165) is 42.7 Å². The maximum atomic E-state index is 13.4. The second-order valence-corrected chi connectivity index (χ2v) is 8.23. The molecule has 4 aromatic rings. The van der Waals surface area contributed by atoms with Gasteiger partial charge in [0, 0.05) is 6.54 Å². The zero-order valence-electron chi connectivity index (χ0n) is 18.1. The summed E-state index contributed by atoms with van der Waals surface area (Å²) in [6.45, 7) is 1.29. The van der Waals surface area contributed by atoms with Gasteiger partial charge in [-0.25, -0.2) is 4.68 Å². The Morgan fingerprint density at radius 1 is 1.06 bits per heavy atom. The molecule has 0 N–H and O–H groups in total. The van der Waals surface area contributed by atoms with Gasteiger partial charge in [-0.15, -0.1) is 5.10 Å². The minimum Gasteiger partial charge on any atom is -0.497 e. The van der Waals surface area contributed by atoms with Gasteiger partial charge in [0.15, 0.2) is 5.69 Å². The average molecular weight is 427 g/mol. The van der Waals surface area contributed by atoms with Crippen molar-refractivity contribution in [3.05, 3.63) is 89.7 Å². The van der Waals surface area contributed by atoms with E-state index in [2.05, 4.69) is 40.6 Å². The molecule has 162 valence electrons. The number of fused-ring (bicyclic) bond motifs is 1. The minimum absolute atomic E-state index is 0.0227. The van der Waals surface area contributed by atoms with Crippen LogP contribution in [0.2, 0.25) is 0 Å². The molecule has 0 bridgehead atoms. The average Bonchev–Trinajstić information content (AvgIpc) is 3.32. The van der Waals surface area contributed by atoms with E-state index in [1.165, 1.54) is 10.8 Å². The fourth-order valence-corrected chi connectivity index (χ4v) is 4.60. The zero-order valence-corrected chi connectivity index (χ0v) is 18.1. The summed E-state index contributed by atoms with van der Waals surface area (Å²) >= 11 is 0. The highest BCUT2D eigenvalue weighted by Gasteiger charge is 2.30. The summed E-state index contributed by atoms with van der Waals surface area (Å²) in [7, 11) is 1.66. The maximum Gasteiger partial charge on any atom is 0.276 e. The summed E-state index contributed by atoms with van der Waals surface area (Å²) < 4.78 is 7.14. The fourth-order valence-electron chi connectivity index (χ4n) is 4.60. The molecule has 6 nitrogen and oxygen atoms in total. The standard InChI is InChI=1S/C26H26N4O2/c1-32-22-12-7-10-20(16-22)25-14-4-5-15-30(25)26(31)24-18-29(28-27-24)17-21-11-6-9-19-8-2-3-13-23(19)21/h2-3,6-13,16,18,25H,4-5,14-15,17H2,1H3. The molecule has 0 radical (unpaired) electrons. The van der Waals surface area contributed by atoms with Crippen LogP contribution in [0.25, 0.3) is 10.8 Å². The van der Waals surface area contributed by atoms with Gasteiger partial charge < -0.3 is 9.64 Å². The smallest absolute Gasteiger partial charge is 0.276 e. The Morgan fingerprint density at radius 3 is 2.81 bits per heavy atom. The number of piperidine rings is 1. The molecule has 0 saturated carbocycles. The molecular formula is C26H26N4O2. The van der Waals surface area contributed by atoms with Crippen molar-refractivity contribution in [3.63, 3.8) is 0 Å². The maximum absolute atomic E-state index is 13.4. The van der Waals surface area contributed by atoms with Crippen LogP contribution in [-0.4, -0.2) is 39.5 Å². The molecule has 1 unspecified atom stereocenters. The van der Waals surface area contributed by atoms with Crippen molar-refractivity contribution in [2.24, 2.45) is 0 Å². The molecule has 32 heavy (non-hydrogen) atoms. The van der Waals surface area contributed by atoms with E-state index in [4.69, 9.17) is 4.74 Å². The summed E-state index contributed by atoms with van der Waals surface area (Å²) in [5, 5.41) is 10.9. The van der Waals surface area contributed by atoms with Gasteiger partial charge in [0.05, 0.1) is 25.9 Å². The second-order valence-electron chi connectivity index (χ2n) is 8.23. The number of likely N-dealkylation sites (tertiary alicyclic amines) is 1. The number of carbonyl (C=O) groups is 1. The highest BCUT2D eigenvalue weighted by molar-refractivity contribution is 5.92. The Bertz CT molecular complexity index is 1240. The van der Waals surface area contributed by atoms with Crippen LogP contribution in [0.3, 0.4) is 0 Å². The third-order valence-electron chi connectivity index (χ3n) is 6.21. The first-order valence-corrected chi connectivity index (χ1v) is 11.0. The van der Waals surface area contributed by atoms with Crippen LogP contribution in [-0.2, 0) is 6.54 Å². The van der Waals surface area contributed by atoms with Crippen molar-refractivity contribution >= 4 is 16.7 Å². The Morgan fingerprint density at radius 2 is 1.91 bits per heavy atom. The number of hydrogen-bond acceptors (Lipinski definition) is 4. The Hall–Kier alpha value is -3.67. The number of rotatable bonds is 5. The number of amides is 1. The highest BCUT2D eigenvalue weighted by atomic mass is 16.5. The number of hydrogen-bond donors (Lipinski definition) is 0. The molecule has 0 spiro atoms. The van der Waals surface area contributed by atoms with Gasteiger partial charge in [-0.05, 0) is 53.3 Å². The first-order chi connectivity index (χ1) is 15.7. The molecule has 1 aliphatic heterocycles. The van der Waals surface area contributed by atoms with Crippen molar-refractivity contribution in [3.8, 4) is 5.75 Å². The topological polar surface area (TPSA) is 60.2 Å². The largest absolute Gasteiger partial charge is 0.497 e. The van der Waals surface area contributed by atoms with Gasteiger partial charge in [-0.1, -0.05) is 59.8 Å². The number of aromatic nitrogens is 3. The summed E-state index contributed by atoms with van der Waals surface area (Å²) in [5.74, 6) is 0.739. The molecule has 6 heteroatoms. The molecule has 1 saturated heterocycles. The van der Waals surface area contributed by atoms with Crippen molar-refractivity contribution in [2.45, 2.75) is 31.8 Å². The van der Waals surface area contributed by atoms with Gasteiger partial charge in [0.25, 0.3) is 5.91 Å². The molecule has 1 amide bonds. The van der Waals surface area contributed by atoms with E-state index in [-0.39, 0.29) is 11.9 Å². The van der Waals surface area contributed by atoms with Gasteiger partial charge in [-0.2, -0.15) is 0 Å². The van der Waals surface area contributed by atoms with Crippen LogP contribution in [0.4, 0.5) is 0 Å². The summed E-state index contributed by atoms with van der Waals surface area (Å²) in [4.78, 5) is 15.3. The monoisotopic (exact) mass is 426 g/mol. The lowest BCUT2D eigenvalue weighted by Gasteiger charge is -2.35. The number of methoxy groups -OCH3 is 1. The molecule has 1 fully saturated rings. The number of benzene rings is 3. The molecule has 2 heterocycles. The van der Waals surface area contributed by atoms with Crippen LogP contribution in [0.15, 0.2) is 72.9 Å². The summed E-state index contributed by atoms with van der Waals surface area (Å²) in [6.07, 6.45) is 4.79.